The lowest BCUT2D eigenvalue weighted by Crippen LogP contribution is -1.96. The van der Waals surface area contributed by atoms with Crippen molar-refractivity contribution in [2.45, 2.75) is 13.5 Å². The van der Waals surface area contributed by atoms with Crippen LogP contribution in [0.3, 0.4) is 0 Å². The molecule has 0 unspecified atom stereocenters. The second-order valence-corrected chi connectivity index (χ2v) is 5.60. The van der Waals surface area contributed by atoms with E-state index in [0.717, 1.165) is 11.1 Å². The SMILES string of the molecule is Cc1ccc(-c2noc(COc3ccc(F)cc3Br)n2)cc1. The average Bonchev–Trinajstić information content (AvgIpc) is 2.96. The van der Waals surface area contributed by atoms with Crippen LogP contribution in [0.15, 0.2) is 51.5 Å². The summed E-state index contributed by atoms with van der Waals surface area (Å²) in [6.45, 7) is 2.13. The zero-order valence-corrected chi connectivity index (χ0v) is 13.3. The number of aromatic nitrogens is 2. The molecule has 22 heavy (non-hydrogen) atoms. The highest BCUT2D eigenvalue weighted by atomic mass is 79.9. The Morgan fingerprint density at radius 2 is 1.95 bits per heavy atom. The molecule has 0 amide bonds. The lowest BCUT2D eigenvalue weighted by Gasteiger charge is -2.05. The Bertz CT molecular complexity index is 787. The van der Waals surface area contributed by atoms with Crippen LogP contribution in [0.5, 0.6) is 5.75 Å². The molecule has 0 radical (unpaired) electrons. The molecule has 1 heterocycles. The van der Waals surface area contributed by atoms with Crippen molar-refractivity contribution < 1.29 is 13.7 Å². The van der Waals surface area contributed by atoms with Gasteiger partial charge in [-0.3, -0.25) is 0 Å². The van der Waals surface area contributed by atoms with Gasteiger partial charge in [0.2, 0.25) is 5.82 Å². The summed E-state index contributed by atoms with van der Waals surface area (Å²) in [5.74, 6) is 1.04. The van der Waals surface area contributed by atoms with Crippen LogP contribution in [0.2, 0.25) is 0 Å². The molecule has 0 aliphatic rings. The Labute approximate surface area is 135 Å². The smallest absolute Gasteiger partial charge is 0.264 e. The average molecular weight is 363 g/mol. The summed E-state index contributed by atoms with van der Waals surface area (Å²) in [6, 6.07) is 12.0. The maximum absolute atomic E-state index is 13.0. The van der Waals surface area contributed by atoms with E-state index >= 15 is 0 Å². The number of hydrogen-bond donors (Lipinski definition) is 0. The summed E-state index contributed by atoms with van der Waals surface area (Å²) in [7, 11) is 0. The zero-order valence-electron chi connectivity index (χ0n) is 11.7. The van der Waals surface area contributed by atoms with Gasteiger partial charge in [0, 0.05) is 5.56 Å². The topological polar surface area (TPSA) is 48.2 Å². The van der Waals surface area contributed by atoms with E-state index in [2.05, 4.69) is 26.1 Å². The van der Waals surface area contributed by atoms with Crippen LogP contribution in [0.25, 0.3) is 11.4 Å². The van der Waals surface area contributed by atoms with Crippen molar-refractivity contribution in [3.63, 3.8) is 0 Å². The van der Waals surface area contributed by atoms with Gasteiger partial charge in [-0.25, -0.2) is 4.39 Å². The van der Waals surface area contributed by atoms with Crippen LogP contribution in [-0.4, -0.2) is 10.1 Å². The molecule has 0 spiro atoms. The molecule has 4 nitrogen and oxygen atoms in total. The number of benzene rings is 2. The number of hydrogen-bond acceptors (Lipinski definition) is 4. The largest absolute Gasteiger partial charge is 0.483 e. The summed E-state index contributed by atoms with van der Waals surface area (Å²) in [5, 5.41) is 3.93. The molecule has 6 heteroatoms. The van der Waals surface area contributed by atoms with Gasteiger partial charge >= 0.3 is 0 Å². The third-order valence-corrected chi connectivity index (χ3v) is 3.64. The number of aryl methyl sites for hydroxylation is 1. The summed E-state index contributed by atoms with van der Waals surface area (Å²) in [5.41, 5.74) is 2.04. The fraction of sp³-hybridized carbons (Fsp3) is 0.125. The molecule has 112 valence electrons. The van der Waals surface area contributed by atoms with Crippen molar-refractivity contribution in [3.05, 3.63) is 64.2 Å². The standard InChI is InChI=1S/C16H12BrFN2O2/c1-10-2-4-11(5-3-10)16-19-15(22-20-16)9-21-14-7-6-12(18)8-13(14)17/h2-8H,9H2,1H3. The highest BCUT2D eigenvalue weighted by molar-refractivity contribution is 9.10. The quantitative estimate of drug-likeness (QED) is 0.684. The molecule has 3 rings (SSSR count). The van der Waals surface area contributed by atoms with Gasteiger partial charge in [-0.1, -0.05) is 35.0 Å². The summed E-state index contributed by atoms with van der Waals surface area (Å²) in [6.07, 6.45) is 0. The lowest BCUT2D eigenvalue weighted by atomic mass is 10.1. The Morgan fingerprint density at radius 3 is 2.68 bits per heavy atom. The summed E-state index contributed by atoms with van der Waals surface area (Å²) < 4.78 is 24.2. The molecule has 0 atom stereocenters. The number of ether oxygens (including phenoxy) is 1. The first-order valence-electron chi connectivity index (χ1n) is 6.59. The molecule has 0 aliphatic carbocycles. The second kappa shape index (κ2) is 6.27. The predicted molar refractivity (Wildman–Crippen MR) is 82.9 cm³/mol. The van der Waals surface area contributed by atoms with Crippen LogP contribution in [-0.2, 0) is 6.61 Å². The molecule has 2 aromatic carbocycles. The van der Waals surface area contributed by atoms with Crippen LogP contribution in [0.1, 0.15) is 11.5 Å². The number of halogens is 2. The third kappa shape index (κ3) is 3.33. The molecular weight excluding hydrogens is 351 g/mol. The molecule has 0 saturated carbocycles. The Hall–Kier alpha value is -2.21. The van der Waals surface area contributed by atoms with Crippen LogP contribution in [0, 0.1) is 12.7 Å². The zero-order chi connectivity index (χ0) is 15.5. The Kier molecular flexibility index (Phi) is 4.20. The number of nitrogens with zero attached hydrogens (tertiary/aromatic N) is 2. The van der Waals surface area contributed by atoms with Gasteiger partial charge in [-0.2, -0.15) is 4.98 Å². The molecule has 1 aromatic heterocycles. The molecule has 0 saturated heterocycles. The van der Waals surface area contributed by atoms with Crippen molar-refractivity contribution in [2.24, 2.45) is 0 Å². The van der Waals surface area contributed by atoms with Crippen LogP contribution < -0.4 is 4.74 Å². The summed E-state index contributed by atoms with van der Waals surface area (Å²) >= 11 is 3.24. The molecule has 3 aromatic rings. The van der Waals surface area contributed by atoms with Crippen molar-refractivity contribution in [1.82, 2.24) is 10.1 Å². The fourth-order valence-corrected chi connectivity index (χ4v) is 2.33. The molecule has 0 bridgehead atoms. The van der Waals surface area contributed by atoms with Gasteiger partial charge in [0.05, 0.1) is 4.47 Å². The van der Waals surface area contributed by atoms with Crippen molar-refractivity contribution in [2.75, 3.05) is 0 Å². The van der Waals surface area contributed by atoms with E-state index < -0.39 is 0 Å². The molecule has 0 N–H and O–H groups in total. The Morgan fingerprint density at radius 1 is 1.18 bits per heavy atom. The van der Waals surface area contributed by atoms with E-state index in [1.165, 1.54) is 18.2 Å². The van der Waals surface area contributed by atoms with E-state index in [9.17, 15) is 4.39 Å². The minimum Gasteiger partial charge on any atom is -0.483 e. The van der Waals surface area contributed by atoms with Gasteiger partial charge < -0.3 is 9.26 Å². The fourth-order valence-electron chi connectivity index (χ4n) is 1.87. The van der Waals surface area contributed by atoms with E-state index in [1.54, 1.807) is 0 Å². The van der Waals surface area contributed by atoms with Gasteiger partial charge in [0.1, 0.15) is 11.6 Å². The van der Waals surface area contributed by atoms with E-state index in [1.807, 2.05) is 31.2 Å². The first kappa shape index (κ1) is 14.7. The van der Waals surface area contributed by atoms with Gasteiger partial charge in [0.15, 0.2) is 6.61 Å². The normalized spacial score (nSPS) is 10.7. The predicted octanol–water partition coefficient (Wildman–Crippen LogP) is 4.53. The van der Waals surface area contributed by atoms with Crippen LogP contribution in [0.4, 0.5) is 4.39 Å². The van der Waals surface area contributed by atoms with E-state index in [0.29, 0.717) is 21.9 Å². The van der Waals surface area contributed by atoms with Crippen molar-refractivity contribution in [1.29, 1.82) is 0 Å². The highest BCUT2D eigenvalue weighted by Gasteiger charge is 2.10. The van der Waals surface area contributed by atoms with Crippen molar-refractivity contribution >= 4 is 15.9 Å². The second-order valence-electron chi connectivity index (χ2n) is 4.74. The van der Waals surface area contributed by atoms with Gasteiger partial charge in [0.25, 0.3) is 5.89 Å². The van der Waals surface area contributed by atoms with Crippen LogP contribution >= 0.6 is 15.9 Å². The van der Waals surface area contributed by atoms with Gasteiger partial charge in [-0.15, -0.1) is 0 Å². The third-order valence-electron chi connectivity index (χ3n) is 3.02. The van der Waals surface area contributed by atoms with Crippen molar-refractivity contribution in [3.8, 4) is 17.1 Å². The molecular formula is C16H12BrFN2O2. The first-order chi connectivity index (χ1) is 10.6. The van der Waals surface area contributed by atoms with E-state index in [-0.39, 0.29) is 12.4 Å². The number of rotatable bonds is 4. The van der Waals surface area contributed by atoms with Gasteiger partial charge in [-0.05, 0) is 41.1 Å². The minimum atomic E-state index is -0.335. The molecule has 0 aliphatic heterocycles. The lowest BCUT2D eigenvalue weighted by molar-refractivity contribution is 0.241. The molecule has 0 fully saturated rings. The summed E-state index contributed by atoms with van der Waals surface area (Å²) in [4.78, 5) is 4.28. The highest BCUT2D eigenvalue weighted by Crippen LogP contribution is 2.26. The monoisotopic (exact) mass is 362 g/mol. The minimum absolute atomic E-state index is 0.114. The maximum atomic E-state index is 13.0. The Balaban J connectivity index is 1.70. The maximum Gasteiger partial charge on any atom is 0.264 e. The van der Waals surface area contributed by atoms with E-state index in [4.69, 9.17) is 9.26 Å². The first-order valence-corrected chi connectivity index (χ1v) is 7.38.